The van der Waals surface area contributed by atoms with E-state index in [1.54, 1.807) is 92.3 Å². The van der Waals surface area contributed by atoms with E-state index in [2.05, 4.69) is 40.5 Å². The standard InChI is InChI=1S/C27H31Cl2FN6O3.C24H27Cl2FN6O3.C23H26Cl2FN5O3S.CH4/c1-17(25-21(28)2-3-22(30)26(25)29)39-23-12-18(13-32-27(23)31)19-14-33-36(15-19)20-4-6-35(7-5-20)24(37)16-34-8-10-38-11-9-34;1-14(21-18(25)2-3-19(27)22(21)26)36-20-10-15(11-30-23(20)28)16-12-31-33(13-16)17-4-7-32(8-5-17)24(35)29-6-9-34;1-3-35(32,33)30-8-6-17(7-9-30)31-13-16(12-29-31)15-10-20(23(27)28-11-15)34-14(2)21-18(24)4-5-19(26)22(21)25;/h2-3,12-15,17,20H,4-11,16H2,1H3,(H2,31,32);2-3,10-14,17,34H,4-9H2,1H3,(H2,28,30)(H,29,35);4-5,10-14,17H,3,6-9H2,1-2H3,(H2,27,28);1H4. The maximum atomic E-state index is 14.0. The van der Waals surface area contributed by atoms with Gasteiger partial charge in [0.15, 0.2) is 34.7 Å². The predicted octanol–water partition coefficient (Wildman–Crippen LogP) is 14.8. The highest BCUT2D eigenvalue weighted by Gasteiger charge is 2.32. The number of ether oxygens (including phenoxy) is 4. The number of piperidine rings is 3. The molecular formula is C75H88Cl6F3N17O9S. The van der Waals surface area contributed by atoms with Crippen LogP contribution in [-0.4, -0.2) is 180 Å². The van der Waals surface area contributed by atoms with E-state index < -0.39 is 45.8 Å². The quantitative estimate of drug-likeness (QED) is 0.0417. The number of aromatic nitrogens is 9. The normalized spacial score (nSPS) is 16.3. The van der Waals surface area contributed by atoms with Crippen molar-refractivity contribution in [1.82, 2.24) is 68.6 Å². The maximum Gasteiger partial charge on any atom is 0.317 e. The van der Waals surface area contributed by atoms with Gasteiger partial charge in [-0.2, -0.15) is 15.3 Å². The number of nitrogen functional groups attached to an aromatic ring is 3. The largest absolute Gasteiger partial charge is 0.482 e. The number of nitrogens with one attached hydrogen (secondary N) is 1. The molecule has 4 aliphatic rings. The van der Waals surface area contributed by atoms with Crippen molar-refractivity contribution in [2.24, 2.45) is 0 Å². The summed E-state index contributed by atoms with van der Waals surface area (Å²) in [6, 6.07) is 13.4. The average molecular weight is 1670 g/mol. The lowest BCUT2D eigenvalue weighted by atomic mass is 10.0. The van der Waals surface area contributed by atoms with Gasteiger partial charge in [0.25, 0.3) is 0 Å². The van der Waals surface area contributed by atoms with Crippen LogP contribution in [0.2, 0.25) is 30.1 Å². The van der Waals surface area contributed by atoms with Gasteiger partial charge in [-0.05, 0) is 121 Å². The zero-order valence-electron chi connectivity index (χ0n) is 60.6. The number of anilines is 3. The molecule has 6 aromatic heterocycles. The number of halogens is 9. The molecule has 3 atom stereocenters. The summed E-state index contributed by atoms with van der Waals surface area (Å²) in [6.07, 6.45) is 18.4. The average Bonchev–Trinajstić information content (AvgIpc) is 1.77. The van der Waals surface area contributed by atoms with Crippen LogP contribution in [0.3, 0.4) is 0 Å². The lowest BCUT2D eigenvalue weighted by molar-refractivity contribution is -0.134. The molecule has 4 aliphatic heterocycles. The van der Waals surface area contributed by atoms with Gasteiger partial charge in [-0.25, -0.2) is 45.6 Å². The van der Waals surface area contributed by atoms with Crippen molar-refractivity contribution in [3.63, 3.8) is 0 Å². The summed E-state index contributed by atoms with van der Waals surface area (Å²) >= 11 is 37.1. The van der Waals surface area contributed by atoms with E-state index in [4.69, 9.17) is 111 Å². The predicted molar refractivity (Wildman–Crippen MR) is 424 cm³/mol. The van der Waals surface area contributed by atoms with E-state index in [-0.39, 0.29) is 99.0 Å². The molecule has 111 heavy (non-hydrogen) atoms. The lowest BCUT2D eigenvalue weighted by Crippen LogP contribution is -2.47. The molecule has 0 bridgehead atoms. The van der Waals surface area contributed by atoms with Crippen molar-refractivity contribution in [1.29, 1.82) is 0 Å². The van der Waals surface area contributed by atoms with Crippen LogP contribution in [0.15, 0.2) is 110 Å². The number of morpholine rings is 1. The number of hydrogen-bond acceptors (Lipinski definition) is 19. The Morgan fingerprint density at radius 2 is 0.883 bits per heavy atom. The van der Waals surface area contributed by atoms with E-state index >= 15 is 0 Å². The first-order valence-corrected chi connectivity index (χ1v) is 39.6. The number of likely N-dealkylation sites (tertiary alicyclic amines) is 2. The number of urea groups is 1. The third-order valence-electron chi connectivity index (χ3n) is 19.5. The second-order valence-electron chi connectivity index (χ2n) is 26.7. The van der Waals surface area contributed by atoms with Crippen LogP contribution in [0.4, 0.5) is 35.4 Å². The first kappa shape index (κ1) is 85.0. The number of nitrogens with zero attached hydrogens (tertiary/aromatic N) is 13. The highest BCUT2D eigenvalue weighted by atomic mass is 35.5. The molecule has 3 unspecified atom stereocenters. The van der Waals surface area contributed by atoms with Gasteiger partial charge >= 0.3 is 6.03 Å². The van der Waals surface area contributed by atoms with E-state index in [1.807, 2.05) is 37.5 Å². The molecule has 9 aromatic rings. The Bertz CT molecular complexity index is 4830. The summed E-state index contributed by atoms with van der Waals surface area (Å²) in [4.78, 5) is 43.4. The molecule has 0 spiro atoms. The van der Waals surface area contributed by atoms with Crippen LogP contribution in [0.25, 0.3) is 33.4 Å². The van der Waals surface area contributed by atoms with Crippen molar-refractivity contribution >= 4 is 109 Å². The van der Waals surface area contributed by atoms with E-state index in [0.29, 0.717) is 111 Å². The highest BCUT2D eigenvalue weighted by Crippen LogP contribution is 2.42. The summed E-state index contributed by atoms with van der Waals surface area (Å²) < 4.78 is 96.7. The molecule has 8 N–H and O–H groups in total. The second-order valence-corrected chi connectivity index (χ2v) is 31.3. The third kappa shape index (κ3) is 20.9. The summed E-state index contributed by atoms with van der Waals surface area (Å²) in [5.41, 5.74) is 23.9. The van der Waals surface area contributed by atoms with Gasteiger partial charge < -0.3 is 56.4 Å². The third-order valence-corrected chi connectivity index (χ3v) is 23.6. The molecule has 3 aromatic carbocycles. The van der Waals surface area contributed by atoms with Gasteiger partial charge in [0, 0.05) is 161 Å². The van der Waals surface area contributed by atoms with Crippen molar-refractivity contribution in [2.45, 2.75) is 110 Å². The maximum absolute atomic E-state index is 14.0. The van der Waals surface area contributed by atoms with Gasteiger partial charge in [-0.1, -0.05) is 77.0 Å². The Balaban J connectivity index is 0.000000176. The smallest absolute Gasteiger partial charge is 0.317 e. The molecule has 0 aliphatic carbocycles. The van der Waals surface area contributed by atoms with Gasteiger partial charge in [-0.3, -0.25) is 23.7 Å². The molecule has 3 amide bonds. The van der Waals surface area contributed by atoms with Crippen LogP contribution >= 0.6 is 69.6 Å². The first-order valence-electron chi connectivity index (χ1n) is 35.7. The van der Waals surface area contributed by atoms with E-state index in [9.17, 15) is 31.2 Å². The second kappa shape index (κ2) is 38.4. The fraction of sp³-hybridized carbons (Fsp3) is 0.413. The zero-order valence-corrected chi connectivity index (χ0v) is 65.9. The lowest BCUT2D eigenvalue weighted by Gasteiger charge is -2.34. The number of aliphatic hydroxyl groups excluding tert-OH is 1. The van der Waals surface area contributed by atoms with Crippen LogP contribution in [0.5, 0.6) is 17.2 Å². The Morgan fingerprint density at radius 1 is 0.541 bits per heavy atom. The number of benzene rings is 3. The Labute approximate surface area is 672 Å². The molecule has 4 fully saturated rings. The fourth-order valence-corrected chi connectivity index (χ4v) is 16.4. The summed E-state index contributed by atoms with van der Waals surface area (Å²) in [5, 5.41) is 25.7. The molecule has 4 saturated heterocycles. The SMILES string of the molecule is C.CC(Oc1cc(-c2cnn(C3CCN(C(=O)CN4CCOCC4)CC3)c2)cnc1N)c1c(Cl)ccc(F)c1Cl.CC(Oc1cc(-c2cnn(C3CCN(C(=O)NCCO)CC3)c2)cnc1N)c1c(Cl)ccc(F)c1Cl.CCS(=O)(=O)N1CCC(n2cc(-c3cnc(N)c(OC(C)c4c(Cl)ccc(F)c4Cl)c3)cn2)CC1. The molecular weight excluding hydrogens is 1580 g/mol. The Hall–Kier alpha value is -8.40. The number of carbonyl (C=O) groups is 2. The van der Waals surface area contributed by atoms with Crippen LogP contribution in [-0.2, 0) is 19.6 Å². The number of amides is 3. The van der Waals surface area contributed by atoms with Gasteiger partial charge in [-0.15, -0.1) is 0 Å². The van der Waals surface area contributed by atoms with Gasteiger partial charge in [0.05, 0.1) is 83.9 Å². The summed E-state index contributed by atoms with van der Waals surface area (Å²) in [5.74, 6) is -0.000399. The van der Waals surface area contributed by atoms with Crippen LogP contribution in [0.1, 0.15) is 127 Å². The van der Waals surface area contributed by atoms with E-state index in [0.717, 1.165) is 72.2 Å². The minimum atomic E-state index is -3.18. The summed E-state index contributed by atoms with van der Waals surface area (Å²) in [7, 11) is -3.18. The summed E-state index contributed by atoms with van der Waals surface area (Å²) in [6.45, 7) is 13.9. The van der Waals surface area contributed by atoms with Gasteiger partial charge in [0.2, 0.25) is 15.9 Å². The molecule has 0 saturated carbocycles. The zero-order chi connectivity index (χ0) is 78.7. The number of rotatable bonds is 21. The first-order chi connectivity index (χ1) is 52.7. The molecule has 10 heterocycles. The number of nitrogens with two attached hydrogens (primary N) is 3. The van der Waals surface area contributed by atoms with Gasteiger partial charge in [0.1, 0.15) is 35.8 Å². The number of hydrogen-bond donors (Lipinski definition) is 5. The van der Waals surface area contributed by atoms with Crippen molar-refractivity contribution in [2.75, 3.05) is 108 Å². The Morgan fingerprint density at radius 3 is 1.23 bits per heavy atom. The van der Waals surface area contributed by atoms with Crippen LogP contribution in [0, 0.1) is 17.5 Å². The van der Waals surface area contributed by atoms with E-state index in [1.165, 1.54) is 36.4 Å². The molecule has 26 nitrogen and oxygen atoms in total. The van der Waals surface area contributed by atoms with Crippen molar-refractivity contribution < 1.29 is 55.2 Å². The number of aliphatic hydroxyl groups is 1. The molecule has 0 radical (unpaired) electrons. The fourth-order valence-electron chi connectivity index (χ4n) is 13.3. The minimum Gasteiger partial charge on any atom is -0.482 e. The molecule has 596 valence electrons. The van der Waals surface area contributed by atoms with Crippen molar-refractivity contribution in [3.8, 4) is 50.6 Å². The molecule has 36 heteroatoms. The Kier molecular flexibility index (Phi) is 29.4. The minimum absolute atomic E-state index is 0. The number of pyridine rings is 3. The van der Waals surface area contributed by atoms with Crippen molar-refractivity contribution in [3.05, 3.63) is 175 Å². The molecule has 13 rings (SSSR count). The number of carbonyl (C=O) groups excluding carboxylic acids is 2. The highest BCUT2D eigenvalue weighted by molar-refractivity contribution is 7.89. The van der Waals surface area contributed by atoms with Crippen LogP contribution < -0.4 is 36.7 Å². The number of sulfonamides is 1. The topological polar surface area (TPSA) is 321 Å². The monoisotopic (exact) mass is 1670 g/mol.